The molecule has 0 aromatic rings. The highest BCUT2D eigenvalue weighted by Gasteiger charge is 2.21. The Kier molecular flexibility index (Phi) is 24.5. The van der Waals surface area contributed by atoms with Gasteiger partial charge in [0.2, 0.25) is 0 Å². The van der Waals surface area contributed by atoms with Crippen LogP contribution >= 0.6 is 0 Å². The average molecular weight is 445 g/mol. The van der Waals surface area contributed by atoms with Gasteiger partial charge >= 0.3 is 0 Å². The minimum atomic E-state index is 0.811. The lowest BCUT2D eigenvalue weighted by Crippen LogP contribution is -2.36. The van der Waals surface area contributed by atoms with E-state index in [9.17, 15) is 0 Å². The lowest BCUT2D eigenvalue weighted by molar-refractivity contribution is 0.115. The zero-order valence-corrected chi connectivity index (χ0v) is 23.2. The Labute approximate surface area is 197 Å². The van der Waals surface area contributed by atoms with E-state index in [4.69, 9.17) is 9.47 Å². The van der Waals surface area contributed by atoms with Crippen molar-refractivity contribution >= 4 is 0 Å². The average Bonchev–Trinajstić information content (AvgIpc) is 2.79. The van der Waals surface area contributed by atoms with Gasteiger partial charge in [-0.3, -0.25) is 0 Å². The third-order valence-electron chi connectivity index (χ3n) is 6.51. The van der Waals surface area contributed by atoms with Crippen LogP contribution in [-0.4, -0.2) is 76.5 Å². The van der Waals surface area contributed by atoms with Crippen LogP contribution in [0.25, 0.3) is 0 Å². The van der Waals surface area contributed by atoms with E-state index < -0.39 is 0 Å². The van der Waals surface area contributed by atoms with Gasteiger partial charge in [-0.1, -0.05) is 48.0 Å². The van der Waals surface area contributed by atoms with E-state index >= 15 is 0 Å². The highest BCUT2D eigenvalue weighted by Crippen LogP contribution is 2.27. The fourth-order valence-corrected chi connectivity index (χ4v) is 4.20. The predicted octanol–water partition coefficient (Wildman–Crippen LogP) is 6.73. The first kappa shape index (κ1) is 33.0. The summed E-state index contributed by atoms with van der Waals surface area (Å²) in [6.45, 7) is 16.9. The van der Waals surface area contributed by atoms with Crippen molar-refractivity contribution in [3.63, 3.8) is 0 Å². The Bertz CT molecular complexity index is 306. The fraction of sp³-hybridized carbons (Fsp3) is 1.00. The zero-order chi connectivity index (χ0) is 24.1. The summed E-state index contributed by atoms with van der Waals surface area (Å²) < 4.78 is 10.2. The molecule has 4 heteroatoms. The van der Waals surface area contributed by atoms with Gasteiger partial charge in [-0.05, 0) is 77.3 Å². The van der Waals surface area contributed by atoms with Crippen LogP contribution in [0.1, 0.15) is 99.3 Å². The Hall–Kier alpha value is -0.160. The van der Waals surface area contributed by atoms with Crippen molar-refractivity contribution in [2.75, 3.05) is 54.6 Å². The van der Waals surface area contributed by atoms with E-state index in [0.29, 0.717) is 0 Å². The van der Waals surface area contributed by atoms with Gasteiger partial charge in [0, 0.05) is 39.4 Å². The minimum absolute atomic E-state index is 0.811. The lowest BCUT2D eigenvalue weighted by Gasteiger charge is -2.33. The van der Waals surface area contributed by atoms with Crippen LogP contribution in [0.4, 0.5) is 0 Å². The summed E-state index contributed by atoms with van der Waals surface area (Å²) in [5.41, 5.74) is 0. The van der Waals surface area contributed by atoms with Gasteiger partial charge in [0.05, 0.1) is 13.2 Å². The largest absolute Gasteiger partial charge is 0.383 e. The molecule has 2 fully saturated rings. The van der Waals surface area contributed by atoms with Gasteiger partial charge in [0.25, 0.3) is 0 Å². The molecule has 0 amide bonds. The third-order valence-corrected chi connectivity index (χ3v) is 6.51. The van der Waals surface area contributed by atoms with Crippen molar-refractivity contribution in [3.8, 4) is 0 Å². The molecule has 0 unspecified atom stereocenters. The summed E-state index contributed by atoms with van der Waals surface area (Å²) in [6, 6.07) is 1.62. The maximum absolute atomic E-state index is 5.08. The molecule has 0 aromatic heterocycles. The fourth-order valence-electron chi connectivity index (χ4n) is 4.20. The molecular weight excluding hydrogens is 384 g/mol. The quantitative estimate of drug-likeness (QED) is 0.414. The Morgan fingerprint density at radius 1 is 0.613 bits per heavy atom. The second-order valence-electron chi connectivity index (χ2n) is 9.48. The summed E-state index contributed by atoms with van der Waals surface area (Å²) in [6.07, 6.45) is 12.4. The number of ether oxygens (including phenoxy) is 2. The summed E-state index contributed by atoms with van der Waals surface area (Å²) >= 11 is 0. The number of rotatable bonds is 8. The van der Waals surface area contributed by atoms with Crippen LogP contribution in [0.2, 0.25) is 0 Å². The molecule has 0 N–H and O–H groups in total. The monoisotopic (exact) mass is 444 g/mol. The molecule has 0 heterocycles. The van der Waals surface area contributed by atoms with Crippen molar-refractivity contribution < 1.29 is 9.47 Å². The molecule has 2 saturated carbocycles. The van der Waals surface area contributed by atoms with Crippen LogP contribution < -0.4 is 0 Å². The normalized spacial score (nSPS) is 25.5. The van der Waals surface area contributed by atoms with Gasteiger partial charge < -0.3 is 19.3 Å². The first-order valence-electron chi connectivity index (χ1n) is 13.3. The molecule has 0 radical (unpaired) electrons. The molecular formula is C27H60N2O2. The highest BCUT2D eigenvalue weighted by atomic mass is 16.5. The second kappa shape index (κ2) is 23.0. The molecule has 4 nitrogen and oxygen atoms in total. The van der Waals surface area contributed by atoms with Gasteiger partial charge in [0.1, 0.15) is 0 Å². The SMILES string of the molecule is CC.CCC.COCCN(C)C1CCC(C)CC1.COCCN(C)C1CCC(C)CC1. The molecule has 2 aliphatic rings. The topological polar surface area (TPSA) is 24.9 Å². The van der Waals surface area contributed by atoms with Gasteiger partial charge in [-0.15, -0.1) is 0 Å². The number of methoxy groups -OCH3 is 2. The molecule has 31 heavy (non-hydrogen) atoms. The van der Waals surface area contributed by atoms with E-state index in [1.165, 1.54) is 57.8 Å². The number of hydrogen-bond acceptors (Lipinski definition) is 4. The van der Waals surface area contributed by atoms with Crippen LogP contribution in [0, 0.1) is 11.8 Å². The van der Waals surface area contributed by atoms with E-state index in [0.717, 1.165) is 50.2 Å². The van der Waals surface area contributed by atoms with Crippen molar-refractivity contribution in [2.45, 2.75) is 111 Å². The Morgan fingerprint density at radius 3 is 1.10 bits per heavy atom. The van der Waals surface area contributed by atoms with E-state index in [1.54, 1.807) is 14.2 Å². The van der Waals surface area contributed by atoms with Crippen molar-refractivity contribution in [1.82, 2.24) is 9.80 Å². The summed E-state index contributed by atoms with van der Waals surface area (Å²) in [5, 5.41) is 0. The van der Waals surface area contributed by atoms with Crippen LogP contribution in [0.5, 0.6) is 0 Å². The summed E-state index contributed by atoms with van der Waals surface area (Å²) in [7, 11) is 7.99. The maximum Gasteiger partial charge on any atom is 0.0589 e. The zero-order valence-electron chi connectivity index (χ0n) is 23.2. The molecule has 0 saturated heterocycles. The molecule has 2 aliphatic carbocycles. The number of nitrogens with zero attached hydrogens (tertiary/aromatic N) is 2. The second-order valence-corrected chi connectivity index (χ2v) is 9.48. The number of hydrogen-bond donors (Lipinski definition) is 0. The first-order chi connectivity index (χ1) is 14.9. The van der Waals surface area contributed by atoms with Gasteiger partial charge in [-0.2, -0.15) is 0 Å². The molecule has 0 aromatic carbocycles. The van der Waals surface area contributed by atoms with Crippen molar-refractivity contribution in [3.05, 3.63) is 0 Å². The van der Waals surface area contributed by atoms with Crippen molar-refractivity contribution in [2.24, 2.45) is 11.8 Å². The molecule has 0 spiro atoms. The van der Waals surface area contributed by atoms with Gasteiger partial charge in [0.15, 0.2) is 0 Å². The van der Waals surface area contributed by atoms with E-state index in [-0.39, 0.29) is 0 Å². The minimum Gasteiger partial charge on any atom is -0.383 e. The lowest BCUT2D eigenvalue weighted by atomic mass is 9.87. The Morgan fingerprint density at radius 2 is 0.871 bits per heavy atom. The predicted molar refractivity (Wildman–Crippen MR) is 139 cm³/mol. The standard InChI is InChI=1S/2C11H23NO.C3H8.C2H6/c2*1-10-4-6-11(7-5-10)12(2)8-9-13-3;1-3-2;1-2/h2*10-11H,4-9H2,1-3H3;3H2,1-2H3;1-2H3. The van der Waals surface area contributed by atoms with Gasteiger partial charge in [-0.25, -0.2) is 0 Å². The maximum atomic E-state index is 5.08. The smallest absolute Gasteiger partial charge is 0.0589 e. The molecule has 0 bridgehead atoms. The number of likely N-dealkylation sites (N-methyl/N-ethyl adjacent to an activating group) is 2. The van der Waals surface area contributed by atoms with Crippen molar-refractivity contribution in [1.29, 1.82) is 0 Å². The summed E-state index contributed by atoms with van der Waals surface area (Å²) in [4.78, 5) is 4.91. The molecule has 0 atom stereocenters. The molecule has 0 aliphatic heterocycles. The van der Waals surface area contributed by atoms with E-state index in [1.807, 2.05) is 13.8 Å². The van der Waals surface area contributed by atoms with Crippen LogP contribution in [0.15, 0.2) is 0 Å². The van der Waals surface area contributed by atoms with E-state index in [2.05, 4.69) is 51.6 Å². The van der Waals surface area contributed by atoms with Crippen LogP contribution in [0.3, 0.4) is 0 Å². The molecule has 2 rings (SSSR count). The van der Waals surface area contributed by atoms with Crippen LogP contribution in [-0.2, 0) is 9.47 Å². The first-order valence-corrected chi connectivity index (χ1v) is 13.3. The molecule has 190 valence electrons. The summed E-state index contributed by atoms with van der Waals surface area (Å²) in [5.74, 6) is 1.90. The highest BCUT2D eigenvalue weighted by molar-refractivity contribution is 4.77. The third kappa shape index (κ3) is 18.0. The Balaban J connectivity index is 0.